The van der Waals surface area contributed by atoms with Gasteiger partial charge in [-0.3, -0.25) is 4.79 Å². The Bertz CT molecular complexity index is 598. The van der Waals surface area contributed by atoms with Gasteiger partial charge >= 0.3 is 0 Å². The molecule has 0 atom stereocenters. The zero-order valence-corrected chi connectivity index (χ0v) is 14.1. The Labute approximate surface area is 141 Å². The summed E-state index contributed by atoms with van der Waals surface area (Å²) in [7, 11) is 3.35. The topological polar surface area (TPSA) is 56.7 Å². The first kappa shape index (κ1) is 18.2. The third-order valence-corrected chi connectivity index (χ3v) is 4.02. The molecule has 2 rings (SSSR count). The molecule has 0 aromatic heterocycles. The van der Waals surface area contributed by atoms with Crippen LogP contribution in [0.5, 0.6) is 0 Å². The molecule has 1 aliphatic carbocycles. The van der Waals surface area contributed by atoms with E-state index in [1.54, 1.807) is 14.1 Å². The lowest BCUT2D eigenvalue weighted by Crippen LogP contribution is -2.46. The Kier molecular flexibility index (Phi) is 6.52. The predicted octanol–water partition coefficient (Wildman–Crippen LogP) is 2.03. The minimum absolute atomic E-state index is 0.00179. The van der Waals surface area contributed by atoms with Gasteiger partial charge in [0.15, 0.2) is 5.96 Å². The number of aliphatic imine (C=N–C) groups is 1. The molecule has 7 heteroatoms. The van der Waals surface area contributed by atoms with E-state index >= 15 is 0 Å². The fourth-order valence-electron chi connectivity index (χ4n) is 2.56. The molecule has 1 fully saturated rings. The van der Waals surface area contributed by atoms with E-state index in [4.69, 9.17) is 0 Å². The van der Waals surface area contributed by atoms with Crippen LogP contribution < -0.4 is 10.6 Å². The highest BCUT2D eigenvalue weighted by Crippen LogP contribution is 2.17. The van der Waals surface area contributed by atoms with Gasteiger partial charge in [0, 0.05) is 25.7 Å². The molecule has 0 heterocycles. The smallest absolute Gasteiger partial charge is 0.241 e. The van der Waals surface area contributed by atoms with Crippen molar-refractivity contribution in [2.45, 2.75) is 38.3 Å². The summed E-state index contributed by atoms with van der Waals surface area (Å²) in [6.07, 6.45) is 4.38. The zero-order valence-electron chi connectivity index (χ0n) is 14.1. The zero-order chi connectivity index (χ0) is 17.5. The first-order valence-electron chi connectivity index (χ1n) is 8.14. The van der Waals surface area contributed by atoms with Crippen LogP contribution in [0.25, 0.3) is 0 Å². The highest BCUT2D eigenvalue weighted by atomic mass is 19.1. The molecule has 0 radical (unpaired) electrons. The van der Waals surface area contributed by atoms with Crippen LogP contribution in [-0.4, -0.2) is 43.4 Å². The highest BCUT2D eigenvalue weighted by molar-refractivity contribution is 5.86. The SMILES string of the molecule is CN(C)C(=O)CNC(=NCc1cc(F)ccc1F)NC1CCCC1. The molecule has 1 amide bonds. The standard InChI is InChI=1S/C17H24F2N4O/c1-23(2)16(24)11-21-17(22-14-5-3-4-6-14)20-10-12-9-13(18)7-8-15(12)19/h7-9,14H,3-6,10-11H2,1-2H3,(H2,20,21,22). The lowest BCUT2D eigenvalue weighted by atomic mass is 10.2. The van der Waals surface area contributed by atoms with Crippen LogP contribution in [0.3, 0.4) is 0 Å². The van der Waals surface area contributed by atoms with Crippen molar-refractivity contribution in [3.8, 4) is 0 Å². The molecule has 0 saturated heterocycles. The second-order valence-corrected chi connectivity index (χ2v) is 6.17. The summed E-state index contributed by atoms with van der Waals surface area (Å²) >= 11 is 0. The van der Waals surface area contributed by atoms with Crippen molar-refractivity contribution in [2.75, 3.05) is 20.6 Å². The Balaban J connectivity index is 2.04. The van der Waals surface area contributed by atoms with Crippen molar-refractivity contribution in [2.24, 2.45) is 4.99 Å². The van der Waals surface area contributed by atoms with Crippen LogP contribution in [0.1, 0.15) is 31.2 Å². The van der Waals surface area contributed by atoms with Crippen molar-refractivity contribution in [1.82, 2.24) is 15.5 Å². The number of rotatable bonds is 5. The summed E-state index contributed by atoms with van der Waals surface area (Å²) in [5, 5.41) is 6.23. The summed E-state index contributed by atoms with van der Waals surface area (Å²) in [5.74, 6) is -0.638. The summed E-state index contributed by atoms with van der Waals surface area (Å²) in [4.78, 5) is 17.5. The lowest BCUT2D eigenvalue weighted by Gasteiger charge is -2.18. The fraction of sp³-hybridized carbons (Fsp3) is 0.529. The van der Waals surface area contributed by atoms with Crippen LogP contribution in [0.4, 0.5) is 8.78 Å². The van der Waals surface area contributed by atoms with E-state index in [0.717, 1.165) is 43.9 Å². The van der Waals surface area contributed by atoms with Gasteiger partial charge in [-0.25, -0.2) is 13.8 Å². The summed E-state index contributed by atoms with van der Waals surface area (Å²) < 4.78 is 27.0. The first-order chi connectivity index (χ1) is 11.5. The van der Waals surface area contributed by atoms with Crippen LogP contribution in [-0.2, 0) is 11.3 Å². The van der Waals surface area contributed by atoms with E-state index in [-0.39, 0.29) is 24.6 Å². The van der Waals surface area contributed by atoms with Crippen LogP contribution >= 0.6 is 0 Å². The van der Waals surface area contributed by atoms with Gasteiger partial charge in [0.2, 0.25) is 5.91 Å². The normalized spacial score (nSPS) is 15.4. The Morgan fingerprint density at radius 2 is 2.00 bits per heavy atom. The fourth-order valence-corrected chi connectivity index (χ4v) is 2.56. The summed E-state index contributed by atoms with van der Waals surface area (Å²) in [6, 6.07) is 3.60. The van der Waals surface area contributed by atoms with E-state index in [9.17, 15) is 13.6 Å². The minimum Gasteiger partial charge on any atom is -0.354 e. The van der Waals surface area contributed by atoms with E-state index < -0.39 is 11.6 Å². The van der Waals surface area contributed by atoms with Gasteiger partial charge in [-0.1, -0.05) is 12.8 Å². The van der Waals surface area contributed by atoms with Gasteiger partial charge in [-0.15, -0.1) is 0 Å². The molecule has 0 unspecified atom stereocenters. The third kappa shape index (κ3) is 5.47. The maximum atomic E-state index is 13.7. The number of hydrogen-bond donors (Lipinski definition) is 2. The number of halogens is 2. The predicted molar refractivity (Wildman–Crippen MR) is 89.6 cm³/mol. The second kappa shape index (κ2) is 8.61. The molecule has 5 nitrogen and oxygen atoms in total. The maximum Gasteiger partial charge on any atom is 0.241 e. The van der Waals surface area contributed by atoms with Crippen molar-refractivity contribution in [3.05, 3.63) is 35.4 Å². The molecular formula is C17H24F2N4O. The van der Waals surface area contributed by atoms with E-state index in [1.807, 2.05) is 0 Å². The Morgan fingerprint density at radius 1 is 1.29 bits per heavy atom. The van der Waals surface area contributed by atoms with Gasteiger partial charge in [0.25, 0.3) is 0 Å². The molecule has 1 saturated carbocycles. The van der Waals surface area contributed by atoms with E-state index in [2.05, 4.69) is 15.6 Å². The van der Waals surface area contributed by atoms with Crippen LogP contribution in [0.2, 0.25) is 0 Å². The van der Waals surface area contributed by atoms with E-state index in [1.165, 1.54) is 4.90 Å². The largest absolute Gasteiger partial charge is 0.354 e. The van der Waals surface area contributed by atoms with Gasteiger partial charge in [-0.2, -0.15) is 0 Å². The number of benzene rings is 1. The minimum atomic E-state index is -0.498. The molecule has 2 N–H and O–H groups in total. The molecule has 1 aromatic carbocycles. The molecule has 24 heavy (non-hydrogen) atoms. The number of amides is 1. The number of carbonyl (C=O) groups excluding carboxylic acids is 1. The number of nitrogens with zero attached hydrogens (tertiary/aromatic N) is 2. The number of guanidine groups is 1. The third-order valence-electron chi connectivity index (χ3n) is 4.02. The maximum absolute atomic E-state index is 13.7. The van der Waals surface area contributed by atoms with Gasteiger partial charge in [0.1, 0.15) is 11.6 Å². The molecular weight excluding hydrogens is 314 g/mol. The molecule has 0 spiro atoms. The quantitative estimate of drug-likeness (QED) is 0.638. The number of nitrogens with one attached hydrogen (secondary N) is 2. The Hall–Kier alpha value is -2.18. The number of hydrogen-bond acceptors (Lipinski definition) is 2. The monoisotopic (exact) mass is 338 g/mol. The van der Waals surface area contributed by atoms with Gasteiger partial charge in [0.05, 0.1) is 13.1 Å². The average molecular weight is 338 g/mol. The van der Waals surface area contributed by atoms with Crippen LogP contribution in [0, 0.1) is 11.6 Å². The average Bonchev–Trinajstić information content (AvgIpc) is 3.05. The molecule has 0 aliphatic heterocycles. The molecule has 132 valence electrons. The number of carbonyl (C=O) groups is 1. The van der Waals surface area contributed by atoms with E-state index in [0.29, 0.717) is 12.0 Å². The van der Waals surface area contributed by atoms with Crippen molar-refractivity contribution in [1.29, 1.82) is 0 Å². The van der Waals surface area contributed by atoms with Crippen LogP contribution in [0.15, 0.2) is 23.2 Å². The Morgan fingerprint density at radius 3 is 2.67 bits per heavy atom. The first-order valence-corrected chi connectivity index (χ1v) is 8.14. The van der Waals surface area contributed by atoms with Crippen molar-refractivity contribution < 1.29 is 13.6 Å². The highest BCUT2D eigenvalue weighted by Gasteiger charge is 2.17. The number of likely N-dealkylation sites (N-methyl/N-ethyl adjacent to an activating group) is 1. The van der Waals surface area contributed by atoms with Gasteiger partial charge < -0.3 is 15.5 Å². The molecule has 0 bridgehead atoms. The summed E-state index contributed by atoms with van der Waals surface area (Å²) in [5.41, 5.74) is 0.182. The molecule has 1 aliphatic rings. The lowest BCUT2D eigenvalue weighted by molar-refractivity contribution is -0.127. The summed E-state index contributed by atoms with van der Waals surface area (Å²) in [6.45, 7) is 0.0962. The van der Waals surface area contributed by atoms with Crippen molar-refractivity contribution in [3.63, 3.8) is 0 Å². The van der Waals surface area contributed by atoms with Gasteiger partial charge in [-0.05, 0) is 31.0 Å². The van der Waals surface area contributed by atoms with Crippen molar-refractivity contribution >= 4 is 11.9 Å². The second-order valence-electron chi connectivity index (χ2n) is 6.17. The molecule has 1 aromatic rings.